The molecule has 0 aliphatic rings. The van der Waals surface area contributed by atoms with Gasteiger partial charge in [-0.05, 0) is 0 Å². The zero-order valence-corrected chi connectivity index (χ0v) is 4.57. The summed E-state index contributed by atoms with van der Waals surface area (Å²) in [4.78, 5) is 0. The Balaban J connectivity index is 0. The minimum Gasteiger partial charge on any atom is -0.496 e. The van der Waals surface area contributed by atoms with E-state index in [1.54, 1.807) is 0 Å². The van der Waals surface area contributed by atoms with E-state index in [1.165, 1.54) is 0 Å². The second-order valence-electron chi connectivity index (χ2n) is 0.141. The summed E-state index contributed by atoms with van der Waals surface area (Å²) >= 11 is -1.58. The Labute approximate surface area is 41.7 Å². The van der Waals surface area contributed by atoms with Gasteiger partial charge in [0.05, 0.1) is 0 Å². The smallest absolute Gasteiger partial charge is 0.496 e. The van der Waals surface area contributed by atoms with Gasteiger partial charge in [-0.15, -0.1) is 0 Å². The molecule has 0 aliphatic carbocycles. The summed E-state index contributed by atoms with van der Waals surface area (Å²) in [5.41, 5.74) is 0. The molecule has 2 N–H and O–H groups in total. The first-order valence-corrected chi connectivity index (χ1v) is 1.90. The van der Waals surface area contributed by atoms with E-state index < -0.39 is 15.9 Å². The molecule has 0 aliphatic heterocycles. The molecule has 4 heavy (non-hydrogen) atoms. The van der Waals surface area contributed by atoms with Crippen molar-refractivity contribution in [3.63, 3.8) is 0 Å². The van der Waals surface area contributed by atoms with E-state index in [9.17, 15) is 0 Å². The Morgan fingerprint density at radius 3 is 1.25 bits per heavy atom. The molecule has 0 spiro atoms. The maximum atomic E-state index is 7.26. The largest absolute Gasteiger partial charge is 0.644 e. The molecule has 0 rings (SSSR count). The normalized spacial score (nSPS) is 3.50. The van der Waals surface area contributed by atoms with Gasteiger partial charge in [0, 0.05) is 17.1 Å². The molecule has 0 saturated heterocycles. The monoisotopic (exact) mass is 117 g/mol. The van der Waals surface area contributed by atoms with Gasteiger partial charge in [-0.1, -0.05) is 0 Å². The standard InChI is InChI=1S/Al.Mn.2H2O.H/h;;2*1H2;/q+2;;;;/p-2. The molecule has 2 nitrogen and oxygen atoms in total. The fourth-order valence-corrected chi connectivity index (χ4v) is 0. The maximum Gasteiger partial charge on any atom is 0.644 e. The molecule has 0 unspecified atom stereocenters. The van der Waals surface area contributed by atoms with Crippen LogP contribution >= 0.6 is 0 Å². The molecule has 0 aromatic rings. The summed E-state index contributed by atoms with van der Waals surface area (Å²) in [5, 5.41) is 0. The fourth-order valence-electron chi connectivity index (χ4n) is 0. The second kappa shape index (κ2) is 9.02. The van der Waals surface area contributed by atoms with Crippen LogP contribution in [0.5, 0.6) is 0 Å². The van der Waals surface area contributed by atoms with Crippen LogP contribution in [0.15, 0.2) is 0 Å². The first kappa shape index (κ1) is 8.88. The Kier molecular flexibility index (Phi) is 20.0. The molecule has 25 valence electrons. The molecule has 4 heteroatoms. The van der Waals surface area contributed by atoms with Crippen molar-refractivity contribution >= 4 is 15.9 Å². The van der Waals surface area contributed by atoms with Crippen LogP contribution in [0.4, 0.5) is 0 Å². The van der Waals surface area contributed by atoms with Gasteiger partial charge < -0.3 is 8.32 Å². The topological polar surface area (TPSA) is 40.5 Å². The summed E-state index contributed by atoms with van der Waals surface area (Å²) in [6.07, 6.45) is 0. The molecule has 0 amide bonds. The molecule has 0 saturated carbocycles. The zero-order valence-electron chi connectivity index (χ0n) is 1.98. The van der Waals surface area contributed by atoms with Crippen LogP contribution < -0.4 is 0 Å². The molecule has 1 radical (unpaired) electrons. The number of hydrogen-bond donors (Lipinski definition) is 2. The van der Waals surface area contributed by atoms with Crippen molar-refractivity contribution in [3.05, 3.63) is 0 Å². The van der Waals surface area contributed by atoms with Crippen molar-refractivity contribution < 1.29 is 25.4 Å². The van der Waals surface area contributed by atoms with Crippen LogP contribution in [-0.2, 0) is 17.1 Å². The average molecular weight is 117 g/mol. The van der Waals surface area contributed by atoms with Gasteiger partial charge in [-0.25, -0.2) is 0 Å². The van der Waals surface area contributed by atoms with Crippen LogP contribution in [0.1, 0.15) is 0 Å². The summed E-state index contributed by atoms with van der Waals surface area (Å²) in [5.74, 6) is 0. The molecule has 0 aromatic carbocycles. The minimum atomic E-state index is -1.58. The molecule has 0 bridgehead atoms. The van der Waals surface area contributed by atoms with Crippen molar-refractivity contribution in [2.45, 2.75) is 0 Å². The van der Waals surface area contributed by atoms with Gasteiger partial charge in [-0.3, -0.25) is 0 Å². The number of rotatable bonds is 0. The van der Waals surface area contributed by atoms with Crippen molar-refractivity contribution in [2.24, 2.45) is 0 Å². The predicted molar refractivity (Wildman–Crippen MR) is 11.6 cm³/mol. The van der Waals surface area contributed by atoms with Gasteiger partial charge in [0.1, 0.15) is 0 Å². The fraction of sp³-hybridized carbons (Fsp3) is 0. The maximum absolute atomic E-state index is 7.26. The van der Waals surface area contributed by atoms with Gasteiger partial charge in [0.25, 0.3) is 0 Å². The van der Waals surface area contributed by atoms with Crippen LogP contribution in [0, 0.1) is 0 Å². The van der Waals surface area contributed by atoms with Crippen molar-refractivity contribution in [1.82, 2.24) is 0 Å². The Bertz CT molecular complexity index is 6.00. The summed E-state index contributed by atoms with van der Waals surface area (Å²) in [7, 11) is 0. The average Bonchev–Trinajstić information content (AvgIpc) is 0.918. The second-order valence-corrected chi connectivity index (χ2v) is 0.424. The molecular weight excluding hydrogens is 114 g/mol. The van der Waals surface area contributed by atoms with E-state index >= 15 is 0 Å². The van der Waals surface area contributed by atoms with Gasteiger partial charge in [0.2, 0.25) is 0 Å². The quantitative estimate of drug-likeness (QED) is 0.369. The third-order valence-corrected chi connectivity index (χ3v) is 0. The Morgan fingerprint density at radius 1 is 1.25 bits per heavy atom. The molecule has 0 atom stereocenters. The predicted octanol–water partition coefficient (Wildman–Crippen LogP) is -1.77. The van der Waals surface area contributed by atoms with Crippen LogP contribution in [-0.4, -0.2) is 24.2 Å². The molecular formula is H3AlMnO2. The van der Waals surface area contributed by atoms with E-state index in [0.29, 0.717) is 0 Å². The van der Waals surface area contributed by atoms with Gasteiger partial charge in [-0.2, -0.15) is 0 Å². The Hall–Kier alpha value is 0.972. The first-order valence-electron chi connectivity index (χ1n) is 0.632. The van der Waals surface area contributed by atoms with E-state index in [-0.39, 0.29) is 17.1 Å². The summed E-state index contributed by atoms with van der Waals surface area (Å²) < 4.78 is 14.5. The zero-order chi connectivity index (χ0) is 2.71. The third kappa shape index (κ3) is 12.2. The van der Waals surface area contributed by atoms with Gasteiger partial charge >= 0.3 is 15.9 Å². The first-order chi connectivity index (χ1) is 1.41. The van der Waals surface area contributed by atoms with Crippen molar-refractivity contribution in [1.29, 1.82) is 0 Å². The molecule has 0 heterocycles. The Morgan fingerprint density at radius 2 is 1.25 bits per heavy atom. The van der Waals surface area contributed by atoms with E-state index in [1.807, 2.05) is 0 Å². The summed E-state index contributed by atoms with van der Waals surface area (Å²) in [6, 6.07) is 0. The molecule has 0 fully saturated rings. The van der Waals surface area contributed by atoms with E-state index in [4.69, 9.17) is 8.32 Å². The third-order valence-electron chi connectivity index (χ3n) is 0. The van der Waals surface area contributed by atoms with Crippen LogP contribution in [0.3, 0.4) is 0 Å². The van der Waals surface area contributed by atoms with Crippen LogP contribution in [0.25, 0.3) is 0 Å². The van der Waals surface area contributed by atoms with Crippen LogP contribution in [0.2, 0.25) is 0 Å². The number of hydrogen-bond acceptors (Lipinski definition) is 2. The van der Waals surface area contributed by atoms with E-state index in [2.05, 4.69) is 0 Å². The van der Waals surface area contributed by atoms with Gasteiger partial charge in [0.15, 0.2) is 0 Å². The SMILES string of the molecule is [Mn].[OH][AlH][OH]. The summed E-state index contributed by atoms with van der Waals surface area (Å²) in [6.45, 7) is 0. The van der Waals surface area contributed by atoms with Crippen molar-refractivity contribution in [2.75, 3.05) is 0 Å². The molecule has 0 aromatic heterocycles. The van der Waals surface area contributed by atoms with E-state index in [0.717, 1.165) is 0 Å². The minimum absolute atomic E-state index is 0. The van der Waals surface area contributed by atoms with Crippen molar-refractivity contribution in [3.8, 4) is 0 Å².